The highest BCUT2D eigenvalue weighted by atomic mass is 19.4. The molecule has 1 aromatic carbocycles. The number of likely N-dealkylation sites (tertiary alicyclic amines) is 1. The average molecular weight is 505 g/mol. The Morgan fingerprint density at radius 3 is 2.33 bits per heavy atom. The summed E-state index contributed by atoms with van der Waals surface area (Å²) in [5.74, 6) is -0.215. The first-order valence-corrected chi connectivity index (χ1v) is 13.9. The molecule has 2 aliphatic carbocycles. The Hall–Kier alpha value is -2.02. The van der Waals surface area contributed by atoms with Gasteiger partial charge in [-0.1, -0.05) is 18.2 Å². The van der Waals surface area contributed by atoms with Crippen LogP contribution >= 0.6 is 0 Å². The van der Waals surface area contributed by atoms with Crippen LogP contribution in [0.5, 0.6) is 0 Å². The van der Waals surface area contributed by atoms with Crippen LogP contribution in [-0.2, 0) is 4.79 Å². The van der Waals surface area contributed by atoms with Crippen LogP contribution in [0.4, 0.5) is 13.2 Å². The van der Waals surface area contributed by atoms with Gasteiger partial charge in [0.1, 0.15) is 5.58 Å². The number of carbonyl (C=O) groups is 1. The number of carbonyl (C=O) groups excluding carboxylic acids is 1. The molecule has 1 aliphatic heterocycles. The third kappa shape index (κ3) is 6.09. The van der Waals surface area contributed by atoms with E-state index in [1.54, 1.807) is 0 Å². The number of alkyl halides is 3. The molecule has 1 aromatic heterocycles. The molecular weight excluding hydrogens is 465 g/mol. The summed E-state index contributed by atoms with van der Waals surface area (Å²) in [5, 5.41) is 4.42. The average Bonchev–Trinajstić information content (AvgIpc) is 3.32. The summed E-state index contributed by atoms with van der Waals surface area (Å²) >= 11 is 0. The largest absolute Gasteiger partial charge is 0.464 e. The number of halogens is 3. The maximum Gasteiger partial charge on any atom is 0.391 e. The summed E-state index contributed by atoms with van der Waals surface area (Å²) in [6.07, 6.45) is 6.52. The quantitative estimate of drug-likeness (QED) is 0.459. The third-order valence-electron chi connectivity index (χ3n) is 9.15. The van der Waals surface area contributed by atoms with E-state index in [1.807, 2.05) is 18.4 Å². The van der Waals surface area contributed by atoms with Crippen LogP contribution in [0.3, 0.4) is 0 Å². The Kier molecular flexibility index (Phi) is 7.94. The lowest BCUT2D eigenvalue weighted by atomic mass is 9.80. The SMILES string of the molecule is O=C(NC1CCC(CCN2CCC(c3coc4ccccc34)CC2)CC1)C1CCC(C(F)(F)F)CC1. The van der Waals surface area contributed by atoms with E-state index in [0.717, 1.165) is 50.9 Å². The first-order valence-electron chi connectivity index (χ1n) is 13.9. The number of hydrogen-bond donors (Lipinski definition) is 1. The van der Waals surface area contributed by atoms with E-state index in [-0.39, 0.29) is 30.7 Å². The summed E-state index contributed by atoms with van der Waals surface area (Å²) in [7, 11) is 0. The Morgan fingerprint density at radius 2 is 1.64 bits per heavy atom. The van der Waals surface area contributed by atoms with Crippen LogP contribution < -0.4 is 5.32 Å². The normalized spacial score (nSPS) is 28.9. The Labute approximate surface area is 212 Å². The fraction of sp³-hybridized carbons (Fsp3) is 0.690. The van der Waals surface area contributed by atoms with Crippen molar-refractivity contribution in [3.05, 3.63) is 36.1 Å². The molecule has 4 nitrogen and oxygen atoms in total. The zero-order chi connectivity index (χ0) is 25.1. The lowest BCUT2D eigenvalue weighted by Gasteiger charge is -2.35. The van der Waals surface area contributed by atoms with Gasteiger partial charge in [-0.25, -0.2) is 0 Å². The predicted molar refractivity (Wildman–Crippen MR) is 135 cm³/mol. The summed E-state index contributed by atoms with van der Waals surface area (Å²) in [4.78, 5) is 15.2. The van der Waals surface area contributed by atoms with Gasteiger partial charge in [-0.05, 0) is 108 Å². The number of furan rings is 1. The van der Waals surface area contributed by atoms with Gasteiger partial charge in [-0.15, -0.1) is 0 Å². The number of rotatable bonds is 6. The third-order valence-corrected chi connectivity index (χ3v) is 9.15. The number of benzene rings is 1. The topological polar surface area (TPSA) is 45.5 Å². The van der Waals surface area contributed by atoms with Crippen LogP contribution in [0.1, 0.15) is 82.1 Å². The number of amides is 1. The standard InChI is InChI=1S/C29H39F3N2O2/c30-29(31,32)23-9-7-22(8-10-23)28(35)33-24-11-5-20(6-12-24)13-16-34-17-14-21(15-18-34)26-19-36-27-4-2-1-3-25(26)27/h1-4,19-24H,5-18H2,(H,33,35). The molecule has 0 radical (unpaired) electrons. The van der Waals surface area contributed by atoms with Crippen molar-refractivity contribution in [1.29, 1.82) is 0 Å². The van der Waals surface area contributed by atoms with Crippen molar-refractivity contribution in [2.75, 3.05) is 19.6 Å². The Morgan fingerprint density at radius 1 is 0.944 bits per heavy atom. The van der Waals surface area contributed by atoms with E-state index in [2.05, 4.69) is 22.3 Å². The second-order valence-electron chi connectivity index (χ2n) is 11.4. The van der Waals surface area contributed by atoms with E-state index in [0.29, 0.717) is 24.7 Å². The Balaban J connectivity index is 0.982. The summed E-state index contributed by atoms with van der Waals surface area (Å²) < 4.78 is 44.4. The van der Waals surface area contributed by atoms with Crippen molar-refractivity contribution < 1.29 is 22.4 Å². The number of fused-ring (bicyclic) bond motifs is 1. The van der Waals surface area contributed by atoms with Crippen molar-refractivity contribution in [2.45, 2.75) is 88.8 Å². The van der Waals surface area contributed by atoms with Gasteiger partial charge in [0.05, 0.1) is 12.2 Å². The lowest BCUT2D eigenvalue weighted by molar-refractivity contribution is -0.184. The number of nitrogens with one attached hydrogen (secondary N) is 1. The smallest absolute Gasteiger partial charge is 0.391 e. The number of piperidine rings is 1. The second kappa shape index (κ2) is 11.2. The fourth-order valence-electron chi connectivity index (χ4n) is 6.74. The van der Waals surface area contributed by atoms with Crippen molar-refractivity contribution >= 4 is 16.9 Å². The van der Waals surface area contributed by atoms with Crippen LogP contribution in [-0.4, -0.2) is 42.7 Å². The second-order valence-corrected chi connectivity index (χ2v) is 11.4. The van der Waals surface area contributed by atoms with E-state index in [9.17, 15) is 18.0 Å². The van der Waals surface area contributed by atoms with E-state index in [1.165, 1.54) is 30.2 Å². The Bertz CT molecular complexity index is 995. The molecule has 1 amide bonds. The fourth-order valence-corrected chi connectivity index (χ4v) is 6.74. The maximum atomic E-state index is 12.9. The van der Waals surface area contributed by atoms with E-state index < -0.39 is 12.1 Å². The highest BCUT2D eigenvalue weighted by Crippen LogP contribution is 2.40. The van der Waals surface area contributed by atoms with Crippen molar-refractivity contribution in [1.82, 2.24) is 10.2 Å². The zero-order valence-electron chi connectivity index (χ0n) is 21.1. The molecule has 2 saturated carbocycles. The van der Waals surface area contributed by atoms with Gasteiger partial charge in [0.15, 0.2) is 0 Å². The highest BCUT2D eigenvalue weighted by molar-refractivity contribution is 5.81. The molecule has 198 valence electrons. The van der Waals surface area contributed by atoms with Crippen molar-refractivity contribution in [2.24, 2.45) is 17.8 Å². The molecule has 3 fully saturated rings. The summed E-state index contributed by atoms with van der Waals surface area (Å²) in [6.45, 7) is 3.40. The van der Waals surface area contributed by atoms with Crippen LogP contribution in [0.25, 0.3) is 11.0 Å². The first kappa shape index (κ1) is 25.6. The summed E-state index contributed by atoms with van der Waals surface area (Å²) in [5.41, 5.74) is 2.34. The van der Waals surface area contributed by atoms with Gasteiger partial charge in [0, 0.05) is 22.9 Å². The predicted octanol–water partition coefficient (Wildman–Crippen LogP) is 7.05. The lowest BCUT2D eigenvalue weighted by Crippen LogP contribution is -2.43. The molecule has 2 aromatic rings. The van der Waals surface area contributed by atoms with Gasteiger partial charge in [0.2, 0.25) is 5.91 Å². The van der Waals surface area contributed by atoms with E-state index in [4.69, 9.17) is 4.42 Å². The van der Waals surface area contributed by atoms with Gasteiger partial charge in [-0.2, -0.15) is 13.2 Å². The van der Waals surface area contributed by atoms with Gasteiger partial charge in [0.25, 0.3) is 0 Å². The van der Waals surface area contributed by atoms with Crippen molar-refractivity contribution in [3.8, 4) is 0 Å². The minimum Gasteiger partial charge on any atom is -0.464 e. The highest BCUT2D eigenvalue weighted by Gasteiger charge is 2.42. The molecule has 36 heavy (non-hydrogen) atoms. The molecule has 3 aliphatic rings. The number of nitrogens with zero attached hydrogens (tertiary/aromatic N) is 1. The number of para-hydroxylation sites is 1. The van der Waals surface area contributed by atoms with Gasteiger partial charge in [-0.3, -0.25) is 4.79 Å². The number of hydrogen-bond acceptors (Lipinski definition) is 3. The zero-order valence-corrected chi connectivity index (χ0v) is 21.1. The van der Waals surface area contributed by atoms with Gasteiger partial charge >= 0.3 is 6.18 Å². The monoisotopic (exact) mass is 504 g/mol. The molecule has 0 unspecified atom stereocenters. The van der Waals surface area contributed by atoms with Crippen LogP contribution in [0.2, 0.25) is 0 Å². The molecule has 1 N–H and O–H groups in total. The van der Waals surface area contributed by atoms with E-state index >= 15 is 0 Å². The molecule has 0 bridgehead atoms. The maximum absolute atomic E-state index is 12.9. The molecule has 0 atom stereocenters. The molecule has 5 rings (SSSR count). The molecule has 1 saturated heterocycles. The van der Waals surface area contributed by atoms with Crippen LogP contribution in [0.15, 0.2) is 34.9 Å². The molecule has 0 spiro atoms. The van der Waals surface area contributed by atoms with Gasteiger partial charge < -0.3 is 14.6 Å². The minimum absolute atomic E-state index is 0.0210. The molecule has 2 heterocycles. The first-order chi connectivity index (χ1) is 17.4. The van der Waals surface area contributed by atoms with Crippen LogP contribution in [0, 0.1) is 17.8 Å². The molecule has 7 heteroatoms. The molecular formula is C29H39F3N2O2. The summed E-state index contributed by atoms with van der Waals surface area (Å²) in [6, 6.07) is 8.49. The minimum atomic E-state index is -4.12. The van der Waals surface area contributed by atoms with Crippen molar-refractivity contribution in [3.63, 3.8) is 0 Å².